The summed E-state index contributed by atoms with van der Waals surface area (Å²) < 4.78 is 38.8. The highest BCUT2D eigenvalue weighted by Crippen LogP contribution is 2.33. The van der Waals surface area contributed by atoms with Gasteiger partial charge < -0.3 is 28.4 Å². The zero-order valence-electron chi connectivity index (χ0n) is 28.5. The first-order chi connectivity index (χ1) is 22.5. The summed E-state index contributed by atoms with van der Waals surface area (Å²) in [6.07, 6.45) is 6.75. The van der Waals surface area contributed by atoms with Crippen LogP contribution in [-0.4, -0.2) is 49.7 Å². The summed E-state index contributed by atoms with van der Waals surface area (Å²) in [6.45, 7) is 10.4. The Morgan fingerprint density at radius 3 is 1.89 bits per heavy atom. The molecule has 1 fully saturated rings. The summed E-state index contributed by atoms with van der Waals surface area (Å²) in [5.41, 5.74) is 3.53. The average Bonchev–Trinajstić information content (AvgIpc) is 3.37. The minimum atomic E-state index is -0.585. The molecule has 6 nitrogen and oxygen atoms in total. The lowest BCUT2D eigenvalue weighted by atomic mass is 10.0. The van der Waals surface area contributed by atoms with Crippen LogP contribution in [0.1, 0.15) is 89.3 Å². The maximum atomic E-state index is 6.74. The second-order valence-corrected chi connectivity index (χ2v) is 12.8. The molecule has 6 heteroatoms. The second-order valence-electron chi connectivity index (χ2n) is 12.8. The smallest absolute Gasteiger partial charge is 0.184 e. The van der Waals surface area contributed by atoms with E-state index in [-0.39, 0.29) is 24.4 Å². The molecule has 0 aliphatic carbocycles. The highest BCUT2D eigenvalue weighted by molar-refractivity contribution is 5.16. The molecule has 0 spiro atoms. The van der Waals surface area contributed by atoms with Crippen LogP contribution in [0.5, 0.6) is 0 Å². The highest BCUT2D eigenvalue weighted by atomic mass is 16.8. The predicted octanol–water partition coefficient (Wildman–Crippen LogP) is 9.05. The number of unbranched alkanes of at least 4 members (excludes halogenated alkanes) is 2. The van der Waals surface area contributed by atoms with Gasteiger partial charge in [0.2, 0.25) is 0 Å². The molecule has 0 radical (unpaired) electrons. The van der Waals surface area contributed by atoms with Crippen molar-refractivity contribution >= 4 is 0 Å². The van der Waals surface area contributed by atoms with Gasteiger partial charge in [-0.25, -0.2) is 0 Å². The minimum Gasteiger partial charge on any atom is -0.374 e. The molecule has 3 aromatic carbocycles. The molecule has 0 saturated carbocycles. The molecule has 252 valence electrons. The van der Waals surface area contributed by atoms with Crippen molar-refractivity contribution in [1.29, 1.82) is 0 Å². The summed E-state index contributed by atoms with van der Waals surface area (Å²) >= 11 is 0. The quantitative estimate of drug-likeness (QED) is 0.0814. The number of hydrogen-bond donors (Lipinski definition) is 0. The molecule has 1 saturated heterocycles. The number of aryl methyl sites for hydroxylation is 1. The lowest BCUT2D eigenvalue weighted by molar-refractivity contribution is -0.240. The summed E-state index contributed by atoms with van der Waals surface area (Å²) in [7, 11) is 0. The van der Waals surface area contributed by atoms with E-state index in [4.69, 9.17) is 28.4 Å². The Bertz CT molecular complexity index is 1140. The predicted molar refractivity (Wildman–Crippen MR) is 183 cm³/mol. The van der Waals surface area contributed by atoms with Gasteiger partial charge in [0.15, 0.2) is 12.1 Å². The van der Waals surface area contributed by atoms with Gasteiger partial charge in [-0.15, -0.1) is 0 Å². The van der Waals surface area contributed by atoms with Gasteiger partial charge in [-0.3, -0.25) is 0 Å². The van der Waals surface area contributed by atoms with Crippen LogP contribution in [0.25, 0.3) is 0 Å². The van der Waals surface area contributed by atoms with Crippen LogP contribution >= 0.6 is 0 Å². The molecule has 1 aliphatic rings. The van der Waals surface area contributed by atoms with E-state index in [1.54, 1.807) is 0 Å². The minimum absolute atomic E-state index is 0.0170. The van der Waals surface area contributed by atoms with E-state index in [0.717, 1.165) is 49.7 Å². The van der Waals surface area contributed by atoms with E-state index < -0.39 is 12.1 Å². The van der Waals surface area contributed by atoms with E-state index in [0.29, 0.717) is 26.4 Å². The van der Waals surface area contributed by atoms with Crippen molar-refractivity contribution in [1.82, 2.24) is 0 Å². The monoisotopic (exact) mass is 632 g/mol. The molecule has 1 heterocycles. The fraction of sp³-hybridized carbons (Fsp3) is 0.550. The van der Waals surface area contributed by atoms with E-state index in [9.17, 15) is 0 Å². The van der Waals surface area contributed by atoms with Crippen LogP contribution in [0.3, 0.4) is 0 Å². The van der Waals surface area contributed by atoms with Gasteiger partial charge >= 0.3 is 0 Å². The molecule has 0 N–H and O–H groups in total. The van der Waals surface area contributed by atoms with Crippen LogP contribution in [-0.2, 0) is 48.1 Å². The van der Waals surface area contributed by atoms with Crippen LogP contribution in [0.15, 0.2) is 91.0 Å². The van der Waals surface area contributed by atoms with Crippen LogP contribution in [0, 0.1) is 0 Å². The summed E-state index contributed by atoms with van der Waals surface area (Å²) in [5.74, 6) is -0.585. The largest absolute Gasteiger partial charge is 0.374 e. The topological polar surface area (TPSA) is 55.4 Å². The highest BCUT2D eigenvalue weighted by Gasteiger charge is 2.40. The van der Waals surface area contributed by atoms with Gasteiger partial charge in [0.1, 0.15) is 6.10 Å². The van der Waals surface area contributed by atoms with Crippen molar-refractivity contribution in [3.8, 4) is 0 Å². The molecule has 5 atom stereocenters. The Kier molecular flexibility index (Phi) is 15.7. The molecule has 3 aromatic rings. The maximum absolute atomic E-state index is 6.74. The van der Waals surface area contributed by atoms with E-state index in [1.165, 1.54) is 18.4 Å². The molecular formula is C40H56O6. The van der Waals surface area contributed by atoms with Crippen LogP contribution in [0.2, 0.25) is 0 Å². The Morgan fingerprint density at radius 1 is 0.696 bits per heavy atom. The summed E-state index contributed by atoms with van der Waals surface area (Å²) in [5, 5.41) is 0. The first-order valence-electron chi connectivity index (χ1n) is 17.4. The first kappa shape index (κ1) is 36.3. The van der Waals surface area contributed by atoms with E-state index in [2.05, 4.69) is 68.4 Å². The summed E-state index contributed by atoms with van der Waals surface area (Å²) in [6, 6.07) is 31.1. The zero-order chi connectivity index (χ0) is 32.5. The van der Waals surface area contributed by atoms with Gasteiger partial charge in [-0.05, 0) is 62.6 Å². The van der Waals surface area contributed by atoms with Crippen molar-refractivity contribution in [2.75, 3.05) is 13.2 Å². The maximum Gasteiger partial charge on any atom is 0.184 e. The lowest BCUT2D eigenvalue weighted by Crippen LogP contribution is -2.39. The molecule has 0 aromatic heterocycles. The third-order valence-corrected chi connectivity index (χ3v) is 8.43. The van der Waals surface area contributed by atoms with Crippen LogP contribution in [0.4, 0.5) is 0 Å². The van der Waals surface area contributed by atoms with E-state index in [1.807, 2.05) is 50.2 Å². The molecule has 0 amide bonds. The van der Waals surface area contributed by atoms with Gasteiger partial charge in [0, 0.05) is 0 Å². The van der Waals surface area contributed by atoms with Crippen molar-refractivity contribution in [2.45, 2.75) is 129 Å². The number of ether oxygens (including phenoxy) is 6. The fourth-order valence-electron chi connectivity index (χ4n) is 5.88. The van der Waals surface area contributed by atoms with Crippen molar-refractivity contribution in [3.63, 3.8) is 0 Å². The third-order valence-electron chi connectivity index (χ3n) is 8.43. The Morgan fingerprint density at radius 2 is 1.28 bits per heavy atom. The Hall–Kier alpha value is -2.58. The van der Waals surface area contributed by atoms with Gasteiger partial charge in [-0.2, -0.15) is 0 Å². The molecule has 5 unspecified atom stereocenters. The Balaban J connectivity index is 1.45. The normalized spacial score (nSPS) is 19.6. The number of benzene rings is 3. The van der Waals surface area contributed by atoms with Gasteiger partial charge in [0.05, 0.1) is 44.7 Å². The summed E-state index contributed by atoms with van der Waals surface area (Å²) in [4.78, 5) is 0. The van der Waals surface area contributed by atoms with Gasteiger partial charge in [0.25, 0.3) is 0 Å². The third kappa shape index (κ3) is 12.9. The molecule has 1 aliphatic heterocycles. The van der Waals surface area contributed by atoms with Gasteiger partial charge in [-0.1, -0.05) is 124 Å². The number of hydrogen-bond acceptors (Lipinski definition) is 6. The zero-order valence-corrected chi connectivity index (χ0v) is 28.5. The second kappa shape index (κ2) is 19.9. The molecular weight excluding hydrogens is 576 g/mol. The SMILES string of the molecule is CCCCCC1OC(C)(C)OC1CCOC(OC(CC)COCc1ccccc1)C(CCc1ccccc1)OCc1ccccc1. The van der Waals surface area contributed by atoms with Crippen molar-refractivity contribution in [3.05, 3.63) is 108 Å². The Labute approximate surface area is 277 Å². The molecule has 4 rings (SSSR count). The lowest BCUT2D eigenvalue weighted by Gasteiger charge is -2.31. The standard InChI is InChI=1S/C40H56O6/c1-5-7-11-24-36-37(46-40(3,4)45-36)27-28-42-39(44-35(6-2)31-41-29-33-20-14-9-15-21-33)38(26-25-32-18-12-8-13-19-32)43-30-34-22-16-10-17-23-34/h8-10,12-23,35-39H,5-7,11,24-31H2,1-4H3. The fourth-order valence-corrected chi connectivity index (χ4v) is 5.88. The van der Waals surface area contributed by atoms with Crippen molar-refractivity contribution < 1.29 is 28.4 Å². The van der Waals surface area contributed by atoms with E-state index >= 15 is 0 Å². The van der Waals surface area contributed by atoms with Crippen molar-refractivity contribution in [2.24, 2.45) is 0 Å². The molecule has 46 heavy (non-hydrogen) atoms. The molecule has 0 bridgehead atoms. The number of rotatable bonds is 22. The first-order valence-corrected chi connectivity index (χ1v) is 17.4. The average molecular weight is 633 g/mol. The van der Waals surface area contributed by atoms with Crippen LogP contribution < -0.4 is 0 Å².